The summed E-state index contributed by atoms with van der Waals surface area (Å²) in [6, 6.07) is 3.08. The first-order valence-corrected chi connectivity index (χ1v) is 7.92. The van der Waals surface area contributed by atoms with Crippen molar-refractivity contribution in [2.24, 2.45) is 0 Å². The third-order valence-corrected chi connectivity index (χ3v) is 3.48. The molecule has 5 nitrogen and oxygen atoms in total. The van der Waals surface area contributed by atoms with E-state index >= 15 is 0 Å². The molecule has 1 aromatic rings. The molecule has 5 heteroatoms. The van der Waals surface area contributed by atoms with Gasteiger partial charge in [0, 0.05) is 0 Å². The zero-order valence-electron chi connectivity index (χ0n) is 13.4. The van der Waals surface area contributed by atoms with E-state index in [9.17, 15) is 9.90 Å². The van der Waals surface area contributed by atoms with Crippen LogP contribution >= 0.6 is 0 Å². The molecule has 0 unspecified atom stereocenters. The number of rotatable bonds is 10. The average molecular weight is 310 g/mol. The van der Waals surface area contributed by atoms with E-state index in [0.717, 1.165) is 18.4 Å². The van der Waals surface area contributed by atoms with E-state index in [0.29, 0.717) is 12.4 Å². The topological polar surface area (TPSA) is 76.0 Å². The normalized spacial score (nSPS) is 10.5. The lowest BCUT2D eigenvalue weighted by Crippen LogP contribution is -2.05. The fourth-order valence-corrected chi connectivity index (χ4v) is 2.25. The molecule has 0 aromatic heterocycles. The van der Waals surface area contributed by atoms with Crippen LogP contribution in [0.3, 0.4) is 0 Å². The lowest BCUT2D eigenvalue weighted by Gasteiger charge is -2.13. The van der Waals surface area contributed by atoms with Gasteiger partial charge in [0.05, 0.1) is 6.61 Å². The smallest absolute Gasteiger partial charge is 0.502 e. The Hall–Kier alpha value is -1.91. The van der Waals surface area contributed by atoms with Crippen molar-refractivity contribution in [3.63, 3.8) is 0 Å². The predicted octanol–water partition coefficient (Wildman–Crippen LogP) is 4.89. The summed E-state index contributed by atoms with van der Waals surface area (Å²) >= 11 is 0. The highest BCUT2D eigenvalue weighted by atomic mass is 16.7. The second-order valence-corrected chi connectivity index (χ2v) is 5.40. The number of ether oxygens (including phenoxy) is 2. The van der Waals surface area contributed by atoms with Crippen molar-refractivity contribution in [3.05, 3.63) is 17.7 Å². The Kier molecular flexibility index (Phi) is 8.18. The number of hydrogen-bond acceptors (Lipinski definition) is 4. The fourth-order valence-electron chi connectivity index (χ4n) is 2.25. The third kappa shape index (κ3) is 6.24. The zero-order valence-corrected chi connectivity index (χ0v) is 13.4. The maximum Gasteiger partial charge on any atom is 0.511 e. The van der Waals surface area contributed by atoms with E-state index < -0.39 is 6.16 Å². The molecular formula is C17H26O5. The number of benzene rings is 1. The van der Waals surface area contributed by atoms with Gasteiger partial charge in [-0.25, -0.2) is 4.79 Å². The first-order valence-electron chi connectivity index (χ1n) is 7.92. The van der Waals surface area contributed by atoms with Crippen LogP contribution in [0.2, 0.25) is 0 Å². The van der Waals surface area contributed by atoms with Crippen molar-refractivity contribution in [2.45, 2.75) is 58.8 Å². The third-order valence-electron chi connectivity index (χ3n) is 3.48. The molecule has 0 fully saturated rings. The van der Waals surface area contributed by atoms with E-state index in [-0.39, 0.29) is 11.5 Å². The van der Waals surface area contributed by atoms with Crippen molar-refractivity contribution in [3.8, 4) is 17.2 Å². The minimum absolute atomic E-state index is 0.104. The predicted molar refractivity (Wildman–Crippen MR) is 85.0 cm³/mol. The van der Waals surface area contributed by atoms with Crippen LogP contribution in [0.25, 0.3) is 0 Å². The monoisotopic (exact) mass is 310 g/mol. The minimum Gasteiger partial charge on any atom is -0.502 e. The summed E-state index contributed by atoms with van der Waals surface area (Å²) in [7, 11) is 0. The van der Waals surface area contributed by atoms with Crippen LogP contribution in [0.15, 0.2) is 12.1 Å². The molecule has 2 N–H and O–H groups in total. The molecule has 0 saturated heterocycles. The Bertz CT molecular complexity index is 470. The number of aromatic hydroxyl groups is 1. The second kappa shape index (κ2) is 9.92. The Morgan fingerprint density at radius 3 is 2.36 bits per heavy atom. The van der Waals surface area contributed by atoms with E-state index in [4.69, 9.17) is 9.84 Å². The number of carbonyl (C=O) groups is 1. The van der Waals surface area contributed by atoms with E-state index in [2.05, 4.69) is 11.7 Å². The maximum atomic E-state index is 10.6. The van der Waals surface area contributed by atoms with Crippen LogP contribution in [0.5, 0.6) is 17.2 Å². The van der Waals surface area contributed by atoms with Crippen molar-refractivity contribution < 1.29 is 24.5 Å². The standard InChI is InChI=1S/C17H26O5/c1-3-4-5-6-7-8-9-12-21-16-13(2)10-11-14(15(16)18)22-17(19)20/h10-11,18H,3-9,12H2,1-2H3,(H,19,20). The number of hydrogen-bond donors (Lipinski definition) is 2. The molecule has 0 saturated carbocycles. The summed E-state index contributed by atoms with van der Waals surface area (Å²) in [6.45, 7) is 4.49. The van der Waals surface area contributed by atoms with Crippen molar-refractivity contribution in [1.82, 2.24) is 0 Å². The first-order chi connectivity index (χ1) is 10.6. The van der Waals surface area contributed by atoms with Gasteiger partial charge in [-0.2, -0.15) is 0 Å². The van der Waals surface area contributed by atoms with Gasteiger partial charge in [0.25, 0.3) is 0 Å². The second-order valence-electron chi connectivity index (χ2n) is 5.40. The number of carboxylic acid groups (broad SMARTS) is 1. The van der Waals surface area contributed by atoms with Crippen LogP contribution in [-0.2, 0) is 0 Å². The first kappa shape index (κ1) is 18.1. The molecule has 0 aliphatic heterocycles. The van der Waals surface area contributed by atoms with Gasteiger partial charge in [-0.1, -0.05) is 51.5 Å². The average Bonchev–Trinajstić information content (AvgIpc) is 2.47. The van der Waals surface area contributed by atoms with Gasteiger partial charge in [0.1, 0.15) is 0 Å². The van der Waals surface area contributed by atoms with E-state index in [1.165, 1.54) is 38.2 Å². The molecule has 0 heterocycles. The van der Waals surface area contributed by atoms with Crippen molar-refractivity contribution in [2.75, 3.05) is 6.61 Å². The van der Waals surface area contributed by atoms with Gasteiger partial charge in [0.15, 0.2) is 11.5 Å². The fraction of sp³-hybridized carbons (Fsp3) is 0.588. The molecule has 0 atom stereocenters. The van der Waals surface area contributed by atoms with Crippen LogP contribution in [0, 0.1) is 6.92 Å². The van der Waals surface area contributed by atoms with E-state index in [1.807, 2.05) is 0 Å². The summed E-state index contributed by atoms with van der Waals surface area (Å²) in [5.74, 6) is -0.0669. The van der Waals surface area contributed by atoms with Crippen LogP contribution in [0.4, 0.5) is 4.79 Å². The van der Waals surface area contributed by atoms with Gasteiger partial charge < -0.3 is 19.7 Å². The minimum atomic E-state index is -1.46. The van der Waals surface area contributed by atoms with Gasteiger partial charge >= 0.3 is 6.16 Å². The Balaban J connectivity index is 2.40. The summed E-state index contributed by atoms with van der Waals surface area (Å²) in [5.41, 5.74) is 0.748. The number of unbranched alkanes of at least 4 members (excludes halogenated alkanes) is 6. The summed E-state index contributed by atoms with van der Waals surface area (Å²) in [4.78, 5) is 10.6. The van der Waals surface area contributed by atoms with Crippen molar-refractivity contribution >= 4 is 6.16 Å². The summed E-state index contributed by atoms with van der Waals surface area (Å²) < 4.78 is 10.1. The molecule has 0 spiro atoms. The Morgan fingerprint density at radius 2 is 1.73 bits per heavy atom. The number of phenolic OH excluding ortho intramolecular Hbond substituents is 1. The molecule has 1 rings (SSSR count). The van der Waals surface area contributed by atoms with Crippen LogP contribution < -0.4 is 9.47 Å². The number of phenols is 1. The highest BCUT2D eigenvalue weighted by Crippen LogP contribution is 2.38. The highest BCUT2D eigenvalue weighted by molar-refractivity contribution is 5.65. The molecule has 22 heavy (non-hydrogen) atoms. The molecular weight excluding hydrogens is 284 g/mol. The van der Waals surface area contributed by atoms with Crippen LogP contribution in [-0.4, -0.2) is 23.0 Å². The Morgan fingerprint density at radius 1 is 1.09 bits per heavy atom. The molecule has 124 valence electrons. The molecule has 0 bridgehead atoms. The van der Waals surface area contributed by atoms with Gasteiger partial charge in [-0.3, -0.25) is 0 Å². The van der Waals surface area contributed by atoms with Crippen molar-refractivity contribution in [1.29, 1.82) is 0 Å². The lowest BCUT2D eigenvalue weighted by molar-refractivity contribution is 0.142. The van der Waals surface area contributed by atoms with Gasteiger partial charge in [0.2, 0.25) is 5.75 Å². The maximum absolute atomic E-state index is 10.6. The largest absolute Gasteiger partial charge is 0.511 e. The summed E-state index contributed by atoms with van der Waals surface area (Å²) in [6.07, 6.45) is 6.81. The quantitative estimate of drug-likeness (QED) is 0.365. The lowest BCUT2D eigenvalue weighted by atomic mass is 10.1. The van der Waals surface area contributed by atoms with E-state index in [1.54, 1.807) is 13.0 Å². The molecule has 0 amide bonds. The molecule has 0 aliphatic carbocycles. The summed E-state index contributed by atoms with van der Waals surface area (Å²) in [5, 5.41) is 18.6. The Labute approximate surface area is 131 Å². The molecule has 0 radical (unpaired) electrons. The van der Waals surface area contributed by atoms with Gasteiger partial charge in [-0.05, 0) is 25.0 Å². The van der Waals surface area contributed by atoms with Gasteiger partial charge in [-0.15, -0.1) is 0 Å². The molecule has 1 aromatic carbocycles. The van der Waals surface area contributed by atoms with Crippen LogP contribution in [0.1, 0.15) is 57.4 Å². The highest BCUT2D eigenvalue weighted by Gasteiger charge is 2.15. The molecule has 0 aliphatic rings. The SMILES string of the molecule is CCCCCCCCCOc1c(C)ccc(OC(=O)O)c1O. The number of aryl methyl sites for hydroxylation is 1. The zero-order chi connectivity index (χ0) is 16.4.